The van der Waals surface area contributed by atoms with Gasteiger partial charge in [-0.3, -0.25) is 19.3 Å². The van der Waals surface area contributed by atoms with Gasteiger partial charge in [0.1, 0.15) is 6.54 Å². The van der Waals surface area contributed by atoms with Gasteiger partial charge in [0.2, 0.25) is 17.7 Å². The summed E-state index contributed by atoms with van der Waals surface area (Å²) in [5.74, 6) is -0.191. The average molecular weight is 252 g/mol. The van der Waals surface area contributed by atoms with Gasteiger partial charge >= 0.3 is 0 Å². The van der Waals surface area contributed by atoms with Crippen molar-refractivity contribution in [2.75, 3.05) is 6.54 Å². The molecule has 2 atom stereocenters. The van der Waals surface area contributed by atoms with Crippen molar-refractivity contribution in [2.45, 2.75) is 51.5 Å². The van der Waals surface area contributed by atoms with Gasteiger partial charge in [0.15, 0.2) is 0 Å². The summed E-state index contributed by atoms with van der Waals surface area (Å²) in [6.45, 7) is 2.02. The van der Waals surface area contributed by atoms with Crippen molar-refractivity contribution in [3.63, 3.8) is 0 Å². The molecule has 2 aliphatic rings. The summed E-state index contributed by atoms with van der Waals surface area (Å²) in [7, 11) is 0. The number of likely N-dealkylation sites (tertiary alicyclic amines) is 1. The lowest BCUT2D eigenvalue weighted by Crippen LogP contribution is -2.46. The number of hydrogen-bond acceptors (Lipinski definition) is 3. The predicted octanol–water partition coefficient (Wildman–Crippen LogP) is 0.830. The van der Waals surface area contributed by atoms with Crippen molar-refractivity contribution in [3.8, 4) is 0 Å². The predicted molar refractivity (Wildman–Crippen MR) is 65.5 cm³/mol. The summed E-state index contributed by atoms with van der Waals surface area (Å²) in [5, 5.41) is 2.95. The molecular weight excluding hydrogens is 232 g/mol. The Morgan fingerprint density at radius 3 is 2.44 bits per heavy atom. The zero-order valence-corrected chi connectivity index (χ0v) is 10.8. The highest BCUT2D eigenvalue weighted by Crippen LogP contribution is 2.23. The second-order valence-electron chi connectivity index (χ2n) is 5.31. The Morgan fingerprint density at radius 2 is 1.83 bits per heavy atom. The van der Waals surface area contributed by atoms with Crippen molar-refractivity contribution in [1.29, 1.82) is 0 Å². The molecule has 0 spiro atoms. The molecule has 1 N–H and O–H groups in total. The van der Waals surface area contributed by atoms with E-state index in [2.05, 4.69) is 12.2 Å². The molecule has 1 saturated carbocycles. The molecule has 5 heteroatoms. The van der Waals surface area contributed by atoms with E-state index in [1.807, 2.05) is 0 Å². The Hall–Kier alpha value is -1.39. The molecule has 0 aromatic heterocycles. The van der Waals surface area contributed by atoms with E-state index >= 15 is 0 Å². The molecule has 1 saturated heterocycles. The second-order valence-corrected chi connectivity index (χ2v) is 5.31. The van der Waals surface area contributed by atoms with Crippen molar-refractivity contribution in [3.05, 3.63) is 0 Å². The van der Waals surface area contributed by atoms with E-state index < -0.39 is 0 Å². The van der Waals surface area contributed by atoms with Crippen LogP contribution in [-0.4, -0.2) is 35.2 Å². The molecule has 0 bridgehead atoms. The van der Waals surface area contributed by atoms with Gasteiger partial charge < -0.3 is 5.32 Å². The Morgan fingerprint density at radius 1 is 1.22 bits per heavy atom. The van der Waals surface area contributed by atoms with E-state index in [9.17, 15) is 14.4 Å². The molecule has 1 aliphatic carbocycles. The van der Waals surface area contributed by atoms with Gasteiger partial charge in [-0.15, -0.1) is 0 Å². The Kier molecular flexibility index (Phi) is 3.99. The maximum Gasteiger partial charge on any atom is 0.240 e. The summed E-state index contributed by atoms with van der Waals surface area (Å²) >= 11 is 0. The number of carbonyl (C=O) groups excluding carboxylic acids is 3. The first-order valence-corrected chi connectivity index (χ1v) is 6.70. The van der Waals surface area contributed by atoms with Crippen LogP contribution in [0.15, 0.2) is 0 Å². The van der Waals surface area contributed by atoms with Gasteiger partial charge in [-0.2, -0.15) is 0 Å². The van der Waals surface area contributed by atoms with E-state index in [0.717, 1.165) is 24.2 Å². The largest absolute Gasteiger partial charge is 0.352 e. The fourth-order valence-corrected chi connectivity index (χ4v) is 2.73. The minimum absolute atomic E-state index is 0.110. The fraction of sp³-hybridized carbons (Fsp3) is 0.769. The number of rotatable bonds is 3. The van der Waals surface area contributed by atoms with E-state index in [1.54, 1.807) is 0 Å². The molecule has 1 aliphatic heterocycles. The first-order valence-electron chi connectivity index (χ1n) is 6.70. The SMILES string of the molecule is C[C@@H]1CCCC[C@H]1NC(=O)CN1C(=O)CCC1=O. The zero-order valence-electron chi connectivity index (χ0n) is 10.8. The van der Waals surface area contributed by atoms with Crippen LogP contribution in [0, 0.1) is 5.92 Å². The molecular formula is C13H20N2O3. The van der Waals surface area contributed by atoms with Crippen molar-refractivity contribution in [2.24, 2.45) is 5.92 Å². The molecule has 1 heterocycles. The van der Waals surface area contributed by atoms with Gasteiger partial charge in [0.05, 0.1) is 0 Å². The van der Waals surface area contributed by atoms with Crippen molar-refractivity contribution >= 4 is 17.7 Å². The highest BCUT2D eigenvalue weighted by Gasteiger charge is 2.31. The van der Waals surface area contributed by atoms with Crippen LogP contribution in [0.3, 0.4) is 0 Å². The highest BCUT2D eigenvalue weighted by molar-refractivity contribution is 6.04. The molecule has 5 nitrogen and oxygen atoms in total. The quantitative estimate of drug-likeness (QED) is 0.757. The highest BCUT2D eigenvalue weighted by atomic mass is 16.2. The number of nitrogens with zero attached hydrogens (tertiary/aromatic N) is 1. The first kappa shape index (κ1) is 13.1. The minimum atomic E-state index is -0.230. The Bertz CT molecular complexity index is 351. The summed E-state index contributed by atoms with van der Waals surface area (Å²) in [6.07, 6.45) is 4.96. The molecule has 2 fully saturated rings. The molecule has 2 rings (SSSR count). The van der Waals surface area contributed by atoms with Crippen molar-refractivity contribution < 1.29 is 14.4 Å². The molecule has 0 aromatic carbocycles. The monoisotopic (exact) mass is 252 g/mol. The smallest absolute Gasteiger partial charge is 0.240 e. The standard InChI is InChI=1S/C13H20N2O3/c1-9-4-2-3-5-10(9)14-11(16)8-15-12(17)6-7-13(15)18/h9-10H,2-8H2,1H3,(H,14,16)/t9-,10-/m1/s1. The zero-order chi connectivity index (χ0) is 13.1. The van der Waals surface area contributed by atoms with E-state index in [-0.39, 0.29) is 43.1 Å². The Labute approximate surface area is 107 Å². The fourth-order valence-electron chi connectivity index (χ4n) is 2.73. The Balaban J connectivity index is 1.84. The lowest BCUT2D eigenvalue weighted by atomic mass is 9.86. The van der Waals surface area contributed by atoms with Gasteiger partial charge in [-0.05, 0) is 18.8 Å². The summed E-state index contributed by atoms with van der Waals surface area (Å²) in [6, 6.07) is 0.194. The normalized spacial score (nSPS) is 28.6. The van der Waals surface area contributed by atoms with Gasteiger partial charge in [-0.1, -0.05) is 19.8 Å². The lowest BCUT2D eigenvalue weighted by molar-refractivity contribution is -0.142. The molecule has 0 unspecified atom stereocenters. The van der Waals surface area contributed by atoms with Gasteiger partial charge in [0.25, 0.3) is 0 Å². The lowest BCUT2D eigenvalue weighted by Gasteiger charge is -2.30. The summed E-state index contributed by atoms with van der Waals surface area (Å²) in [5.41, 5.74) is 0. The van der Waals surface area contributed by atoms with E-state index in [0.29, 0.717) is 5.92 Å². The first-order chi connectivity index (χ1) is 8.58. The van der Waals surface area contributed by atoms with Crippen LogP contribution in [0.4, 0.5) is 0 Å². The molecule has 0 radical (unpaired) electrons. The minimum Gasteiger partial charge on any atom is -0.352 e. The maximum absolute atomic E-state index is 11.8. The van der Waals surface area contributed by atoms with E-state index in [1.165, 1.54) is 6.42 Å². The van der Waals surface area contributed by atoms with Crippen LogP contribution in [0.25, 0.3) is 0 Å². The third kappa shape index (κ3) is 2.89. The average Bonchev–Trinajstić information content (AvgIpc) is 2.64. The molecule has 0 aromatic rings. The summed E-state index contributed by atoms with van der Waals surface area (Å²) < 4.78 is 0. The van der Waals surface area contributed by atoms with Crippen LogP contribution in [0.1, 0.15) is 45.4 Å². The third-order valence-corrected chi connectivity index (χ3v) is 3.91. The van der Waals surface area contributed by atoms with Crippen LogP contribution in [0.5, 0.6) is 0 Å². The van der Waals surface area contributed by atoms with Crippen LogP contribution < -0.4 is 5.32 Å². The van der Waals surface area contributed by atoms with Gasteiger partial charge in [0, 0.05) is 18.9 Å². The number of amides is 3. The number of hydrogen-bond donors (Lipinski definition) is 1. The number of carbonyl (C=O) groups is 3. The number of nitrogens with one attached hydrogen (secondary N) is 1. The third-order valence-electron chi connectivity index (χ3n) is 3.91. The molecule has 18 heavy (non-hydrogen) atoms. The number of imide groups is 1. The van der Waals surface area contributed by atoms with Crippen LogP contribution >= 0.6 is 0 Å². The van der Waals surface area contributed by atoms with Crippen LogP contribution in [0.2, 0.25) is 0 Å². The topological polar surface area (TPSA) is 66.5 Å². The van der Waals surface area contributed by atoms with Crippen molar-refractivity contribution in [1.82, 2.24) is 10.2 Å². The second kappa shape index (κ2) is 5.50. The summed E-state index contributed by atoms with van der Waals surface area (Å²) in [4.78, 5) is 35.7. The van der Waals surface area contributed by atoms with E-state index in [4.69, 9.17) is 0 Å². The molecule has 100 valence electrons. The molecule has 3 amide bonds. The van der Waals surface area contributed by atoms with Gasteiger partial charge in [-0.25, -0.2) is 0 Å². The van der Waals surface area contributed by atoms with Crippen LogP contribution in [-0.2, 0) is 14.4 Å². The maximum atomic E-state index is 11.8.